The number of hydrogen-bond acceptors (Lipinski definition) is 3. The Morgan fingerprint density at radius 2 is 1.70 bits per heavy atom. The summed E-state index contributed by atoms with van der Waals surface area (Å²) in [7, 11) is 0. The van der Waals surface area contributed by atoms with Gasteiger partial charge >= 0.3 is 0 Å². The van der Waals surface area contributed by atoms with Crippen molar-refractivity contribution in [1.29, 1.82) is 0 Å². The molecule has 0 fully saturated rings. The second kappa shape index (κ2) is 5.75. The second-order valence-electron chi connectivity index (χ2n) is 4.39. The van der Waals surface area contributed by atoms with Crippen molar-refractivity contribution in [2.24, 2.45) is 5.73 Å². The van der Waals surface area contributed by atoms with Crippen molar-refractivity contribution in [3.05, 3.63) is 64.2 Å². The lowest BCUT2D eigenvalue weighted by Crippen LogP contribution is -2.14. The molecule has 0 aliphatic heterocycles. The predicted octanol–water partition coefficient (Wildman–Crippen LogP) is 2.45. The summed E-state index contributed by atoms with van der Waals surface area (Å²) in [4.78, 5) is 23.4. The molecule has 0 aliphatic rings. The Morgan fingerprint density at radius 1 is 1.05 bits per heavy atom. The van der Waals surface area contributed by atoms with Crippen LogP contribution in [0.4, 0.5) is 5.69 Å². The highest BCUT2D eigenvalue weighted by Gasteiger charge is 2.13. The summed E-state index contributed by atoms with van der Waals surface area (Å²) >= 11 is 5.79. The number of anilines is 1. The van der Waals surface area contributed by atoms with Crippen LogP contribution < -0.4 is 11.5 Å². The van der Waals surface area contributed by atoms with E-state index in [1.54, 1.807) is 24.3 Å². The van der Waals surface area contributed by atoms with Gasteiger partial charge in [0.15, 0.2) is 5.78 Å². The smallest absolute Gasteiger partial charge is 0.248 e. The van der Waals surface area contributed by atoms with Crippen LogP contribution in [0.5, 0.6) is 0 Å². The average molecular weight is 289 g/mol. The number of amides is 1. The first-order chi connectivity index (χ1) is 9.47. The lowest BCUT2D eigenvalue weighted by atomic mass is 9.99. The number of rotatable bonds is 4. The maximum absolute atomic E-state index is 12.2. The van der Waals surface area contributed by atoms with E-state index in [1.807, 2.05) is 0 Å². The van der Waals surface area contributed by atoms with Gasteiger partial charge < -0.3 is 11.5 Å². The Morgan fingerprint density at radius 3 is 2.30 bits per heavy atom. The SMILES string of the molecule is NC(=O)c1ccc(N)c(C(=O)Cc2ccc(Cl)cc2)c1. The Hall–Kier alpha value is -2.33. The summed E-state index contributed by atoms with van der Waals surface area (Å²) in [5.74, 6) is -0.765. The zero-order valence-corrected chi connectivity index (χ0v) is 11.4. The number of ketones is 1. The number of nitrogen functional groups attached to an aromatic ring is 1. The quantitative estimate of drug-likeness (QED) is 0.669. The van der Waals surface area contributed by atoms with Gasteiger partial charge in [0.2, 0.25) is 5.91 Å². The minimum Gasteiger partial charge on any atom is -0.398 e. The first kappa shape index (κ1) is 14.1. The fourth-order valence-corrected chi connectivity index (χ4v) is 1.96. The molecule has 0 radical (unpaired) electrons. The summed E-state index contributed by atoms with van der Waals surface area (Å²) in [6.45, 7) is 0. The van der Waals surface area contributed by atoms with Gasteiger partial charge in [0, 0.05) is 28.3 Å². The summed E-state index contributed by atoms with van der Waals surface area (Å²) < 4.78 is 0. The van der Waals surface area contributed by atoms with Crippen LogP contribution in [0, 0.1) is 0 Å². The standard InChI is InChI=1S/C15H13ClN2O2/c16-11-4-1-9(2-5-11)7-14(19)12-8-10(15(18)20)3-6-13(12)17/h1-6,8H,7,17H2,(H2,18,20). The molecular formula is C15H13ClN2O2. The van der Waals surface area contributed by atoms with Crippen molar-refractivity contribution in [2.45, 2.75) is 6.42 Å². The van der Waals surface area contributed by atoms with Crippen molar-refractivity contribution in [3.63, 3.8) is 0 Å². The monoisotopic (exact) mass is 288 g/mol. The molecule has 20 heavy (non-hydrogen) atoms. The van der Waals surface area contributed by atoms with E-state index >= 15 is 0 Å². The number of carbonyl (C=O) groups excluding carboxylic acids is 2. The summed E-state index contributed by atoms with van der Waals surface area (Å²) in [6, 6.07) is 11.4. The molecule has 4 N–H and O–H groups in total. The van der Waals surface area contributed by atoms with Crippen LogP contribution in [0.3, 0.4) is 0 Å². The van der Waals surface area contributed by atoms with Crippen molar-refractivity contribution < 1.29 is 9.59 Å². The average Bonchev–Trinajstić information content (AvgIpc) is 2.41. The number of Topliss-reactive ketones (excluding diaryl/α,β-unsaturated/α-hetero) is 1. The third-order valence-corrected chi connectivity index (χ3v) is 3.17. The van der Waals surface area contributed by atoms with Crippen LogP contribution in [-0.4, -0.2) is 11.7 Å². The van der Waals surface area contributed by atoms with Crippen LogP contribution in [-0.2, 0) is 6.42 Å². The Kier molecular flexibility index (Phi) is 4.05. The molecule has 0 aliphatic carbocycles. The van der Waals surface area contributed by atoms with Gasteiger partial charge in [-0.15, -0.1) is 0 Å². The third kappa shape index (κ3) is 3.16. The molecule has 0 atom stereocenters. The van der Waals surface area contributed by atoms with Crippen LogP contribution in [0.25, 0.3) is 0 Å². The van der Waals surface area contributed by atoms with E-state index in [0.717, 1.165) is 5.56 Å². The minimum atomic E-state index is -0.592. The highest BCUT2D eigenvalue weighted by molar-refractivity contribution is 6.30. The Labute approximate surface area is 121 Å². The molecule has 0 aromatic heterocycles. The van der Waals surface area contributed by atoms with E-state index in [4.69, 9.17) is 23.1 Å². The molecule has 0 unspecified atom stereocenters. The lowest BCUT2D eigenvalue weighted by molar-refractivity contribution is 0.0993. The number of hydrogen-bond donors (Lipinski definition) is 2. The molecule has 2 aromatic rings. The fourth-order valence-electron chi connectivity index (χ4n) is 1.83. The molecule has 0 saturated heterocycles. The zero-order chi connectivity index (χ0) is 14.7. The number of carbonyl (C=O) groups is 2. The van der Waals surface area contributed by atoms with Gasteiger partial charge in [-0.2, -0.15) is 0 Å². The first-order valence-corrected chi connectivity index (χ1v) is 6.32. The first-order valence-electron chi connectivity index (χ1n) is 5.94. The van der Waals surface area contributed by atoms with Gasteiger partial charge in [0.05, 0.1) is 0 Å². The second-order valence-corrected chi connectivity index (χ2v) is 4.83. The summed E-state index contributed by atoms with van der Waals surface area (Å²) in [5, 5.41) is 0.608. The van der Waals surface area contributed by atoms with E-state index < -0.39 is 5.91 Å². The van der Waals surface area contributed by atoms with Crippen molar-refractivity contribution in [2.75, 3.05) is 5.73 Å². The Balaban J connectivity index is 2.26. The molecule has 1 amide bonds. The summed E-state index contributed by atoms with van der Waals surface area (Å²) in [5.41, 5.74) is 12.7. The Bertz CT molecular complexity index is 666. The lowest BCUT2D eigenvalue weighted by Gasteiger charge is -2.07. The largest absolute Gasteiger partial charge is 0.398 e. The molecule has 4 nitrogen and oxygen atoms in total. The van der Waals surface area contributed by atoms with Crippen LogP contribution in [0.2, 0.25) is 5.02 Å². The minimum absolute atomic E-state index is 0.173. The van der Waals surface area contributed by atoms with Crippen LogP contribution >= 0.6 is 11.6 Å². The maximum Gasteiger partial charge on any atom is 0.248 e. The van der Waals surface area contributed by atoms with Gasteiger partial charge in [0.1, 0.15) is 0 Å². The van der Waals surface area contributed by atoms with Crippen molar-refractivity contribution in [3.8, 4) is 0 Å². The molecule has 0 saturated carbocycles. The van der Waals surface area contributed by atoms with Crippen LogP contribution in [0.1, 0.15) is 26.3 Å². The molecule has 2 rings (SSSR count). The van der Waals surface area contributed by atoms with Gasteiger partial charge in [-0.1, -0.05) is 23.7 Å². The molecular weight excluding hydrogens is 276 g/mol. The fraction of sp³-hybridized carbons (Fsp3) is 0.0667. The molecule has 5 heteroatoms. The zero-order valence-electron chi connectivity index (χ0n) is 10.6. The molecule has 0 heterocycles. The van der Waals surface area contributed by atoms with Gasteiger partial charge in [-0.25, -0.2) is 0 Å². The van der Waals surface area contributed by atoms with Gasteiger partial charge in [-0.05, 0) is 35.9 Å². The van der Waals surface area contributed by atoms with Gasteiger partial charge in [0.25, 0.3) is 0 Å². The number of nitrogens with two attached hydrogens (primary N) is 2. The van der Waals surface area contributed by atoms with E-state index in [9.17, 15) is 9.59 Å². The number of benzene rings is 2. The topological polar surface area (TPSA) is 86.2 Å². The summed E-state index contributed by atoms with van der Waals surface area (Å²) in [6.07, 6.45) is 0.184. The predicted molar refractivity (Wildman–Crippen MR) is 78.9 cm³/mol. The molecule has 2 aromatic carbocycles. The van der Waals surface area contributed by atoms with Crippen molar-refractivity contribution in [1.82, 2.24) is 0 Å². The maximum atomic E-state index is 12.2. The normalized spacial score (nSPS) is 10.2. The van der Waals surface area contributed by atoms with E-state index in [2.05, 4.69) is 0 Å². The van der Waals surface area contributed by atoms with E-state index in [1.165, 1.54) is 18.2 Å². The number of primary amides is 1. The van der Waals surface area contributed by atoms with Gasteiger partial charge in [-0.3, -0.25) is 9.59 Å². The molecule has 0 spiro atoms. The molecule has 102 valence electrons. The highest BCUT2D eigenvalue weighted by atomic mass is 35.5. The highest BCUT2D eigenvalue weighted by Crippen LogP contribution is 2.18. The van der Waals surface area contributed by atoms with Crippen LogP contribution in [0.15, 0.2) is 42.5 Å². The van der Waals surface area contributed by atoms with E-state index in [0.29, 0.717) is 16.3 Å². The molecule has 0 bridgehead atoms. The van der Waals surface area contributed by atoms with Crippen molar-refractivity contribution >= 4 is 29.0 Å². The van der Waals surface area contributed by atoms with E-state index in [-0.39, 0.29) is 17.8 Å². The number of halogens is 1. The third-order valence-electron chi connectivity index (χ3n) is 2.92.